The molecule has 2 nitrogen and oxygen atoms in total. The number of alkyl halides is 3. The quantitative estimate of drug-likeness (QED) is 0.796. The van der Waals surface area contributed by atoms with Crippen molar-refractivity contribution in [2.45, 2.75) is 51.2 Å². The second kappa shape index (κ2) is 7.34. The van der Waals surface area contributed by atoms with Gasteiger partial charge >= 0.3 is 6.18 Å². The lowest BCUT2D eigenvalue weighted by atomic mass is 9.74. The van der Waals surface area contributed by atoms with E-state index in [9.17, 15) is 13.2 Å². The van der Waals surface area contributed by atoms with Crippen LogP contribution in [0.5, 0.6) is 0 Å². The van der Waals surface area contributed by atoms with Crippen LogP contribution in [0.25, 0.3) is 0 Å². The lowest BCUT2D eigenvalue weighted by Crippen LogP contribution is -2.43. The van der Waals surface area contributed by atoms with Gasteiger partial charge in [-0.1, -0.05) is 32.6 Å². The lowest BCUT2D eigenvalue weighted by molar-refractivity contribution is -0.176. The molecule has 0 spiro atoms. The van der Waals surface area contributed by atoms with E-state index < -0.39 is 12.8 Å². The zero-order valence-corrected chi connectivity index (χ0v) is 11.2. The molecule has 1 aliphatic carbocycles. The third kappa shape index (κ3) is 5.14. The maximum absolute atomic E-state index is 12.0. The number of nitrogens with one attached hydrogen (secondary N) is 1. The van der Waals surface area contributed by atoms with Gasteiger partial charge in [0, 0.05) is 6.04 Å². The monoisotopic (exact) mass is 267 g/mol. The van der Waals surface area contributed by atoms with Crippen molar-refractivity contribution in [3.05, 3.63) is 0 Å². The Morgan fingerprint density at radius 3 is 2.50 bits per heavy atom. The van der Waals surface area contributed by atoms with Crippen LogP contribution in [0.2, 0.25) is 0 Å². The van der Waals surface area contributed by atoms with Gasteiger partial charge in [0.25, 0.3) is 0 Å². The molecular weight excluding hydrogens is 243 g/mol. The van der Waals surface area contributed by atoms with Crippen molar-refractivity contribution in [2.24, 2.45) is 11.8 Å². The molecule has 3 atom stereocenters. The fourth-order valence-corrected chi connectivity index (χ4v) is 3.00. The molecule has 0 bridgehead atoms. The summed E-state index contributed by atoms with van der Waals surface area (Å²) in [6.07, 6.45) is 1.59. The Morgan fingerprint density at radius 1 is 1.28 bits per heavy atom. The van der Waals surface area contributed by atoms with Crippen LogP contribution < -0.4 is 5.32 Å². The van der Waals surface area contributed by atoms with E-state index >= 15 is 0 Å². The van der Waals surface area contributed by atoms with Gasteiger partial charge in [0.2, 0.25) is 0 Å². The minimum absolute atomic E-state index is 0.0394. The molecule has 0 aromatic rings. The molecular formula is C13H24F3NO. The Bertz CT molecular complexity index is 233. The standard InChI is InChI=1S/C13H24F3NO/c1-3-10-6-4-5-7-11(10)12(17-2)8-18-9-13(14,15)16/h10-12,17H,3-9H2,1-2H3. The van der Waals surface area contributed by atoms with E-state index in [4.69, 9.17) is 4.74 Å². The number of hydrogen-bond donors (Lipinski definition) is 1. The van der Waals surface area contributed by atoms with Gasteiger partial charge < -0.3 is 10.1 Å². The minimum Gasteiger partial charge on any atom is -0.370 e. The summed E-state index contributed by atoms with van der Waals surface area (Å²) in [4.78, 5) is 0. The van der Waals surface area contributed by atoms with Gasteiger partial charge in [0.15, 0.2) is 0 Å². The Morgan fingerprint density at radius 2 is 1.94 bits per heavy atom. The van der Waals surface area contributed by atoms with Crippen molar-refractivity contribution in [1.29, 1.82) is 0 Å². The molecule has 0 aromatic heterocycles. The van der Waals surface area contributed by atoms with Crippen LogP contribution in [0.15, 0.2) is 0 Å². The Kier molecular flexibility index (Phi) is 6.43. The summed E-state index contributed by atoms with van der Waals surface area (Å²) >= 11 is 0. The topological polar surface area (TPSA) is 21.3 Å². The van der Waals surface area contributed by atoms with Gasteiger partial charge in [-0.15, -0.1) is 0 Å². The minimum atomic E-state index is -4.23. The largest absolute Gasteiger partial charge is 0.411 e. The molecule has 1 saturated carbocycles. The number of likely N-dealkylation sites (N-methyl/N-ethyl adjacent to an activating group) is 1. The van der Waals surface area contributed by atoms with Crippen LogP contribution in [-0.2, 0) is 4.74 Å². The van der Waals surface area contributed by atoms with Gasteiger partial charge in [0.1, 0.15) is 6.61 Å². The van der Waals surface area contributed by atoms with Crippen molar-refractivity contribution in [1.82, 2.24) is 5.32 Å². The highest BCUT2D eigenvalue weighted by atomic mass is 19.4. The zero-order chi connectivity index (χ0) is 13.6. The molecule has 1 N–H and O–H groups in total. The summed E-state index contributed by atoms with van der Waals surface area (Å²) < 4.78 is 41.0. The summed E-state index contributed by atoms with van der Waals surface area (Å²) in [7, 11) is 1.81. The number of hydrogen-bond acceptors (Lipinski definition) is 2. The third-order valence-corrected chi connectivity index (χ3v) is 3.94. The summed E-state index contributed by atoms with van der Waals surface area (Å²) in [5, 5.41) is 3.13. The average Bonchev–Trinajstić information content (AvgIpc) is 2.33. The molecule has 1 aliphatic rings. The van der Waals surface area contributed by atoms with Crippen molar-refractivity contribution < 1.29 is 17.9 Å². The van der Waals surface area contributed by atoms with Gasteiger partial charge in [-0.25, -0.2) is 0 Å². The second-order valence-corrected chi connectivity index (χ2v) is 5.14. The van der Waals surface area contributed by atoms with Crippen molar-refractivity contribution in [2.75, 3.05) is 20.3 Å². The van der Waals surface area contributed by atoms with E-state index in [2.05, 4.69) is 12.2 Å². The molecule has 0 saturated heterocycles. The molecule has 1 fully saturated rings. The summed E-state index contributed by atoms with van der Waals surface area (Å²) in [5.74, 6) is 1.06. The van der Waals surface area contributed by atoms with E-state index in [0.29, 0.717) is 11.8 Å². The van der Waals surface area contributed by atoms with Crippen LogP contribution in [0.4, 0.5) is 13.2 Å². The first kappa shape index (κ1) is 15.8. The fourth-order valence-electron chi connectivity index (χ4n) is 3.00. The van der Waals surface area contributed by atoms with Gasteiger partial charge in [-0.2, -0.15) is 13.2 Å². The molecule has 0 aromatic carbocycles. The van der Waals surface area contributed by atoms with Crippen molar-refractivity contribution in [3.8, 4) is 0 Å². The zero-order valence-electron chi connectivity index (χ0n) is 11.2. The predicted molar refractivity (Wildman–Crippen MR) is 65.5 cm³/mol. The van der Waals surface area contributed by atoms with Crippen molar-refractivity contribution in [3.63, 3.8) is 0 Å². The Labute approximate surface area is 107 Å². The molecule has 108 valence electrons. The van der Waals surface area contributed by atoms with Crippen molar-refractivity contribution >= 4 is 0 Å². The first-order valence-electron chi connectivity index (χ1n) is 6.79. The number of ether oxygens (including phenoxy) is 1. The van der Waals surface area contributed by atoms with Gasteiger partial charge in [0.05, 0.1) is 6.61 Å². The van der Waals surface area contributed by atoms with Crippen LogP contribution in [0.3, 0.4) is 0 Å². The lowest BCUT2D eigenvalue weighted by Gasteiger charge is -2.36. The maximum Gasteiger partial charge on any atom is 0.411 e. The van der Waals surface area contributed by atoms with E-state index in [1.165, 1.54) is 19.3 Å². The molecule has 0 heterocycles. The number of halogens is 3. The number of rotatable bonds is 6. The predicted octanol–water partition coefficient (Wildman–Crippen LogP) is 3.37. The van der Waals surface area contributed by atoms with E-state index in [-0.39, 0.29) is 12.6 Å². The molecule has 1 rings (SSSR count). The molecule has 0 amide bonds. The Hall–Kier alpha value is -0.290. The normalized spacial score (nSPS) is 27.2. The first-order valence-corrected chi connectivity index (χ1v) is 6.79. The van der Waals surface area contributed by atoms with Crippen LogP contribution >= 0.6 is 0 Å². The SMILES string of the molecule is CCC1CCCCC1C(COCC(F)(F)F)NC. The highest BCUT2D eigenvalue weighted by molar-refractivity contribution is 4.83. The summed E-state index contributed by atoms with van der Waals surface area (Å²) in [6.45, 7) is 1.16. The second-order valence-electron chi connectivity index (χ2n) is 5.14. The smallest absolute Gasteiger partial charge is 0.370 e. The van der Waals surface area contributed by atoms with Crippen LogP contribution in [0.1, 0.15) is 39.0 Å². The molecule has 0 radical (unpaired) electrons. The van der Waals surface area contributed by atoms with Gasteiger partial charge in [-0.05, 0) is 25.3 Å². The first-order chi connectivity index (χ1) is 8.48. The Balaban J connectivity index is 2.43. The molecule has 0 aliphatic heterocycles. The highest BCUT2D eigenvalue weighted by Gasteiger charge is 2.32. The van der Waals surface area contributed by atoms with E-state index in [1.807, 2.05) is 7.05 Å². The molecule has 5 heteroatoms. The summed E-state index contributed by atoms with van der Waals surface area (Å²) in [5.41, 5.74) is 0. The highest BCUT2D eigenvalue weighted by Crippen LogP contribution is 2.34. The molecule has 3 unspecified atom stereocenters. The van der Waals surface area contributed by atoms with E-state index in [0.717, 1.165) is 12.8 Å². The van der Waals surface area contributed by atoms with Gasteiger partial charge in [-0.3, -0.25) is 0 Å². The van der Waals surface area contributed by atoms with Crippen LogP contribution in [-0.4, -0.2) is 32.5 Å². The summed E-state index contributed by atoms with van der Waals surface area (Å²) in [6, 6.07) is 0.0394. The molecule has 18 heavy (non-hydrogen) atoms. The van der Waals surface area contributed by atoms with E-state index in [1.54, 1.807) is 0 Å². The average molecular weight is 267 g/mol. The van der Waals surface area contributed by atoms with Crippen LogP contribution in [0, 0.1) is 11.8 Å². The maximum atomic E-state index is 12.0. The third-order valence-electron chi connectivity index (χ3n) is 3.94. The fraction of sp³-hybridized carbons (Fsp3) is 1.00.